The Bertz CT molecular complexity index is 354. The van der Waals surface area contributed by atoms with Gasteiger partial charge in [0.1, 0.15) is 12.4 Å². The summed E-state index contributed by atoms with van der Waals surface area (Å²) in [6, 6.07) is -0.267. The van der Waals surface area contributed by atoms with E-state index in [9.17, 15) is 14.4 Å². The molecule has 1 amide bonds. The van der Waals surface area contributed by atoms with Gasteiger partial charge in [0.25, 0.3) is 0 Å². The molecule has 5 nitrogen and oxygen atoms in total. The van der Waals surface area contributed by atoms with Gasteiger partial charge < -0.3 is 10.1 Å². The summed E-state index contributed by atoms with van der Waals surface area (Å²) in [5.41, 5.74) is 0. The highest BCUT2D eigenvalue weighted by molar-refractivity contribution is 5.98. The van der Waals surface area contributed by atoms with Gasteiger partial charge in [0.05, 0.1) is 18.9 Å². The molecule has 0 radical (unpaired) electrons. The van der Waals surface area contributed by atoms with E-state index in [1.165, 1.54) is 32.1 Å². The monoisotopic (exact) mass is 297 g/mol. The Kier molecular flexibility index (Phi) is 8.71. The smallest absolute Gasteiger partial charge is 0.308 e. The van der Waals surface area contributed by atoms with Crippen molar-refractivity contribution in [2.24, 2.45) is 0 Å². The summed E-state index contributed by atoms with van der Waals surface area (Å²) in [4.78, 5) is 34.2. The molecule has 0 saturated carbocycles. The number of cyclic esters (lactones) is 1. The average molecular weight is 297 g/mol. The molecule has 1 saturated heterocycles. The zero-order valence-electron chi connectivity index (χ0n) is 13.0. The van der Waals surface area contributed by atoms with Gasteiger partial charge in [-0.15, -0.1) is 0 Å². The van der Waals surface area contributed by atoms with Gasteiger partial charge in [-0.2, -0.15) is 0 Å². The largest absolute Gasteiger partial charge is 0.463 e. The van der Waals surface area contributed by atoms with Gasteiger partial charge in [0, 0.05) is 6.42 Å². The molecule has 1 N–H and O–H groups in total. The molecule has 1 heterocycles. The van der Waals surface area contributed by atoms with Crippen molar-refractivity contribution in [2.75, 3.05) is 6.61 Å². The highest BCUT2D eigenvalue weighted by Crippen LogP contribution is 2.10. The van der Waals surface area contributed by atoms with Gasteiger partial charge in [0.15, 0.2) is 0 Å². The van der Waals surface area contributed by atoms with Crippen LogP contribution < -0.4 is 5.32 Å². The van der Waals surface area contributed by atoms with E-state index in [2.05, 4.69) is 12.2 Å². The molecular formula is C16H27NO4. The van der Waals surface area contributed by atoms with E-state index in [4.69, 9.17) is 4.74 Å². The van der Waals surface area contributed by atoms with Gasteiger partial charge in [-0.05, 0) is 6.42 Å². The Morgan fingerprint density at radius 2 is 1.81 bits per heavy atom. The van der Waals surface area contributed by atoms with Crippen LogP contribution in [0.25, 0.3) is 0 Å². The lowest BCUT2D eigenvalue weighted by molar-refractivity contribution is -0.138. The first-order valence-corrected chi connectivity index (χ1v) is 8.08. The summed E-state index contributed by atoms with van der Waals surface area (Å²) in [6.07, 6.45) is 8.72. The third-order valence-electron chi connectivity index (χ3n) is 3.64. The SMILES string of the molecule is CCCCCCCCCC(=O)CC(=O)N[C@H]1COC(=O)C1. The molecule has 1 fully saturated rings. The molecule has 21 heavy (non-hydrogen) atoms. The average Bonchev–Trinajstić information content (AvgIpc) is 2.82. The van der Waals surface area contributed by atoms with Crippen LogP contribution in [-0.4, -0.2) is 30.3 Å². The number of carbonyl (C=O) groups excluding carboxylic acids is 3. The zero-order chi connectivity index (χ0) is 15.5. The van der Waals surface area contributed by atoms with Crippen molar-refractivity contribution in [3.05, 3.63) is 0 Å². The molecule has 0 aromatic rings. The number of amides is 1. The maximum absolute atomic E-state index is 11.7. The number of ether oxygens (including phenoxy) is 1. The van der Waals surface area contributed by atoms with Crippen molar-refractivity contribution in [3.63, 3.8) is 0 Å². The van der Waals surface area contributed by atoms with Crippen LogP contribution in [0.5, 0.6) is 0 Å². The van der Waals surface area contributed by atoms with Crippen molar-refractivity contribution in [2.45, 2.75) is 77.2 Å². The quantitative estimate of drug-likeness (QED) is 0.361. The fourth-order valence-corrected chi connectivity index (χ4v) is 2.43. The fourth-order valence-electron chi connectivity index (χ4n) is 2.43. The predicted molar refractivity (Wildman–Crippen MR) is 79.7 cm³/mol. The molecule has 0 aliphatic carbocycles. The van der Waals surface area contributed by atoms with Gasteiger partial charge in [-0.3, -0.25) is 14.4 Å². The highest BCUT2D eigenvalue weighted by atomic mass is 16.5. The number of Topliss-reactive ketones (excluding diaryl/α,β-unsaturated/α-hetero) is 1. The van der Waals surface area contributed by atoms with Crippen LogP contribution in [0.4, 0.5) is 0 Å². The Hall–Kier alpha value is -1.39. The van der Waals surface area contributed by atoms with E-state index in [-0.39, 0.29) is 43.2 Å². The lowest BCUT2D eigenvalue weighted by Crippen LogP contribution is -2.36. The van der Waals surface area contributed by atoms with Crippen LogP contribution in [0.1, 0.15) is 71.1 Å². The summed E-state index contributed by atoms with van der Waals surface area (Å²) in [7, 11) is 0. The summed E-state index contributed by atoms with van der Waals surface area (Å²) >= 11 is 0. The number of hydrogen-bond acceptors (Lipinski definition) is 4. The Morgan fingerprint density at radius 1 is 1.14 bits per heavy atom. The fraction of sp³-hybridized carbons (Fsp3) is 0.812. The third-order valence-corrected chi connectivity index (χ3v) is 3.64. The van der Waals surface area contributed by atoms with Gasteiger partial charge in [0.2, 0.25) is 5.91 Å². The second-order valence-corrected chi connectivity index (χ2v) is 5.74. The second-order valence-electron chi connectivity index (χ2n) is 5.74. The van der Waals surface area contributed by atoms with Crippen LogP contribution >= 0.6 is 0 Å². The van der Waals surface area contributed by atoms with Gasteiger partial charge in [-0.1, -0.05) is 45.4 Å². The second kappa shape index (κ2) is 10.4. The van der Waals surface area contributed by atoms with Crippen LogP contribution in [0, 0.1) is 0 Å². The molecule has 0 bridgehead atoms. The van der Waals surface area contributed by atoms with E-state index in [0.717, 1.165) is 12.8 Å². The third kappa shape index (κ3) is 8.48. The van der Waals surface area contributed by atoms with Crippen molar-refractivity contribution in [3.8, 4) is 0 Å². The van der Waals surface area contributed by atoms with Crippen LogP contribution in [0.2, 0.25) is 0 Å². The molecule has 5 heteroatoms. The zero-order valence-corrected chi connectivity index (χ0v) is 13.0. The van der Waals surface area contributed by atoms with Crippen molar-refractivity contribution >= 4 is 17.7 Å². The molecule has 0 aromatic heterocycles. The summed E-state index contributed by atoms with van der Waals surface area (Å²) < 4.78 is 4.75. The first-order chi connectivity index (χ1) is 10.1. The minimum atomic E-state index is -0.300. The van der Waals surface area contributed by atoms with Crippen molar-refractivity contribution < 1.29 is 19.1 Å². The molecule has 1 aliphatic heterocycles. The molecule has 120 valence electrons. The normalized spacial score (nSPS) is 17.6. The minimum absolute atomic E-state index is 0.0219. The highest BCUT2D eigenvalue weighted by Gasteiger charge is 2.25. The molecule has 1 aliphatic rings. The topological polar surface area (TPSA) is 72.5 Å². The van der Waals surface area contributed by atoms with Crippen molar-refractivity contribution in [1.29, 1.82) is 0 Å². The Balaban J connectivity index is 1.99. The van der Waals surface area contributed by atoms with E-state index in [1.807, 2.05) is 0 Å². The Labute approximate surface area is 126 Å². The summed E-state index contributed by atoms with van der Waals surface area (Å²) in [6.45, 7) is 2.41. The lowest BCUT2D eigenvalue weighted by atomic mass is 10.1. The van der Waals surface area contributed by atoms with E-state index < -0.39 is 0 Å². The van der Waals surface area contributed by atoms with Gasteiger partial charge in [-0.25, -0.2) is 0 Å². The number of rotatable bonds is 11. The molecule has 1 atom stereocenters. The Morgan fingerprint density at radius 3 is 2.43 bits per heavy atom. The first-order valence-electron chi connectivity index (χ1n) is 8.08. The van der Waals surface area contributed by atoms with E-state index >= 15 is 0 Å². The minimum Gasteiger partial charge on any atom is -0.463 e. The number of ketones is 1. The molecule has 1 rings (SSSR count). The lowest BCUT2D eigenvalue weighted by Gasteiger charge is -2.08. The van der Waals surface area contributed by atoms with Crippen LogP contribution in [-0.2, 0) is 19.1 Å². The number of unbranched alkanes of at least 4 members (excludes halogenated alkanes) is 6. The maximum Gasteiger partial charge on any atom is 0.308 e. The molecular weight excluding hydrogens is 270 g/mol. The predicted octanol–water partition coefficient (Wildman–Crippen LogP) is 2.52. The molecule has 0 spiro atoms. The van der Waals surface area contributed by atoms with Crippen LogP contribution in [0.3, 0.4) is 0 Å². The summed E-state index contributed by atoms with van der Waals surface area (Å²) in [5.74, 6) is -0.618. The number of hydrogen-bond donors (Lipinski definition) is 1. The van der Waals surface area contributed by atoms with Crippen LogP contribution in [0.15, 0.2) is 0 Å². The van der Waals surface area contributed by atoms with Gasteiger partial charge >= 0.3 is 5.97 Å². The standard InChI is InChI=1S/C16H27NO4/c1-2-3-4-5-6-7-8-9-14(18)11-15(19)17-13-10-16(20)21-12-13/h13H,2-12H2,1H3,(H,17,19)/t13-/m1/s1. The number of carbonyl (C=O) groups is 3. The first kappa shape index (κ1) is 17.7. The molecule has 0 aromatic carbocycles. The van der Waals surface area contributed by atoms with E-state index in [1.54, 1.807) is 0 Å². The summed E-state index contributed by atoms with van der Waals surface area (Å²) in [5, 5.41) is 2.66. The maximum atomic E-state index is 11.7. The number of nitrogens with one attached hydrogen (secondary N) is 1. The van der Waals surface area contributed by atoms with Crippen molar-refractivity contribution in [1.82, 2.24) is 5.32 Å². The molecule has 0 unspecified atom stereocenters. The van der Waals surface area contributed by atoms with E-state index in [0.29, 0.717) is 6.42 Å². The number of esters is 1.